The highest BCUT2D eigenvalue weighted by Crippen LogP contribution is 2.52. The van der Waals surface area contributed by atoms with Gasteiger partial charge in [-0.05, 0) is 42.8 Å². The van der Waals surface area contributed by atoms with E-state index in [0.29, 0.717) is 5.88 Å². The van der Waals surface area contributed by atoms with Gasteiger partial charge in [0.05, 0.1) is 16.8 Å². The Balaban J connectivity index is 1.68. The molecule has 0 radical (unpaired) electrons. The molecule has 148 valence electrons. The van der Waals surface area contributed by atoms with Crippen LogP contribution in [-0.2, 0) is 0 Å². The molecule has 0 aliphatic carbocycles. The van der Waals surface area contributed by atoms with Gasteiger partial charge in [-0.2, -0.15) is 0 Å². The van der Waals surface area contributed by atoms with Crippen molar-refractivity contribution >= 4 is 39.6 Å². The second kappa shape index (κ2) is 6.96. The highest BCUT2D eigenvalue weighted by molar-refractivity contribution is 6.02. The van der Waals surface area contributed by atoms with Crippen molar-refractivity contribution in [1.29, 1.82) is 0 Å². The lowest BCUT2D eigenvalue weighted by Crippen LogP contribution is -2.10. The minimum absolute atomic E-state index is 0.678. The largest absolute Gasteiger partial charge is 0.437 e. The lowest BCUT2D eigenvalue weighted by atomic mass is 10.0. The predicted molar refractivity (Wildman–Crippen MR) is 125 cm³/mol. The standard InChI is InChI=1S/C27H19N3O/c1-18-15-16-25-21(17-18)26-27(31-25)30(24-14-8-6-12-22(24)28-29-26)23-13-7-5-11-20(23)19-9-3-2-4-10-19/h2-17H,1H3. The fourth-order valence-electron chi connectivity index (χ4n) is 4.15. The first-order chi connectivity index (χ1) is 15.3. The number of hydrogen-bond donors (Lipinski definition) is 0. The van der Waals surface area contributed by atoms with Gasteiger partial charge in [0.1, 0.15) is 11.3 Å². The zero-order chi connectivity index (χ0) is 20.8. The average molecular weight is 401 g/mol. The summed E-state index contributed by atoms with van der Waals surface area (Å²) in [6.45, 7) is 2.07. The van der Waals surface area contributed by atoms with E-state index < -0.39 is 0 Å². The summed E-state index contributed by atoms with van der Waals surface area (Å²) in [5.41, 5.74) is 7.72. The van der Waals surface area contributed by atoms with E-state index in [0.717, 1.165) is 50.4 Å². The highest BCUT2D eigenvalue weighted by Gasteiger charge is 2.28. The number of para-hydroxylation sites is 2. The van der Waals surface area contributed by atoms with E-state index in [4.69, 9.17) is 4.42 Å². The summed E-state index contributed by atoms with van der Waals surface area (Å²) in [5.74, 6) is 0.678. The number of aryl methyl sites for hydroxylation is 1. The van der Waals surface area contributed by atoms with Gasteiger partial charge < -0.3 is 4.42 Å². The van der Waals surface area contributed by atoms with Gasteiger partial charge in [0, 0.05) is 5.56 Å². The molecule has 1 aromatic heterocycles. The van der Waals surface area contributed by atoms with Crippen molar-refractivity contribution in [2.24, 2.45) is 10.2 Å². The van der Waals surface area contributed by atoms with Crippen LogP contribution in [-0.4, -0.2) is 0 Å². The van der Waals surface area contributed by atoms with E-state index in [9.17, 15) is 0 Å². The molecule has 5 aromatic rings. The molecule has 31 heavy (non-hydrogen) atoms. The Hall–Kier alpha value is -4.18. The van der Waals surface area contributed by atoms with Crippen LogP contribution in [0.2, 0.25) is 0 Å². The fourth-order valence-corrected chi connectivity index (χ4v) is 4.15. The van der Waals surface area contributed by atoms with Crippen molar-refractivity contribution in [2.75, 3.05) is 4.90 Å². The molecule has 0 atom stereocenters. The van der Waals surface area contributed by atoms with Crippen LogP contribution in [0.4, 0.5) is 28.6 Å². The van der Waals surface area contributed by atoms with Crippen LogP contribution < -0.4 is 4.90 Å². The quantitative estimate of drug-likeness (QED) is 0.291. The third-order valence-electron chi connectivity index (χ3n) is 5.61. The number of fused-ring (bicyclic) bond motifs is 4. The van der Waals surface area contributed by atoms with Crippen molar-refractivity contribution in [1.82, 2.24) is 0 Å². The summed E-state index contributed by atoms with van der Waals surface area (Å²) in [7, 11) is 0. The molecule has 0 saturated carbocycles. The maximum Gasteiger partial charge on any atom is 0.233 e. The fraction of sp³-hybridized carbons (Fsp3) is 0.0370. The Morgan fingerprint density at radius 2 is 1.45 bits per heavy atom. The van der Waals surface area contributed by atoms with Crippen molar-refractivity contribution < 1.29 is 4.42 Å². The second-order valence-corrected chi connectivity index (χ2v) is 7.66. The Bertz CT molecular complexity index is 1450. The van der Waals surface area contributed by atoms with Crippen LogP contribution in [0.3, 0.4) is 0 Å². The maximum atomic E-state index is 6.41. The molecular weight excluding hydrogens is 382 g/mol. The molecule has 0 spiro atoms. The Morgan fingerprint density at radius 3 is 2.32 bits per heavy atom. The van der Waals surface area contributed by atoms with Crippen molar-refractivity contribution in [3.63, 3.8) is 0 Å². The lowest BCUT2D eigenvalue weighted by Gasteiger charge is -2.25. The second-order valence-electron chi connectivity index (χ2n) is 7.66. The first kappa shape index (κ1) is 17.7. The number of furan rings is 1. The number of rotatable bonds is 2. The van der Waals surface area contributed by atoms with E-state index in [1.54, 1.807) is 0 Å². The number of anilines is 3. The molecule has 2 heterocycles. The molecule has 4 heteroatoms. The molecule has 0 unspecified atom stereocenters. The van der Waals surface area contributed by atoms with E-state index in [1.807, 2.05) is 30.3 Å². The van der Waals surface area contributed by atoms with Gasteiger partial charge in [0.15, 0.2) is 5.69 Å². The van der Waals surface area contributed by atoms with Gasteiger partial charge in [-0.25, -0.2) is 0 Å². The summed E-state index contributed by atoms with van der Waals surface area (Å²) in [5, 5.41) is 10.2. The smallest absolute Gasteiger partial charge is 0.233 e. The van der Waals surface area contributed by atoms with Gasteiger partial charge >= 0.3 is 0 Å². The zero-order valence-corrected chi connectivity index (χ0v) is 17.0. The van der Waals surface area contributed by atoms with Gasteiger partial charge in [-0.15, -0.1) is 10.2 Å². The highest BCUT2D eigenvalue weighted by atomic mass is 16.4. The van der Waals surface area contributed by atoms with Gasteiger partial charge in [-0.3, -0.25) is 4.90 Å². The van der Waals surface area contributed by atoms with Crippen LogP contribution in [0.1, 0.15) is 5.56 Å². The summed E-state index contributed by atoms with van der Waals surface area (Å²) >= 11 is 0. The van der Waals surface area contributed by atoms with Gasteiger partial charge in [0.25, 0.3) is 0 Å². The van der Waals surface area contributed by atoms with E-state index >= 15 is 0 Å². The maximum absolute atomic E-state index is 6.41. The van der Waals surface area contributed by atoms with Crippen molar-refractivity contribution in [3.05, 3.63) is 103 Å². The molecule has 0 fully saturated rings. The average Bonchev–Trinajstić information content (AvgIpc) is 3.08. The number of benzene rings is 4. The predicted octanol–water partition coefficient (Wildman–Crippen LogP) is 8.61. The number of azo groups is 1. The van der Waals surface area contributed by atoms with Crippen LogP contribution >= 0.6 is 0 Å². The minimum atomic E-state index is 0.678. The summed E-state index contributed by atoms with van der Waals surface area (Å²) < 4.78 is 6.41. The normalized spacial score (nSPS) is 12.5. The van der Waals surface area contributed by atoms with E-state index in [-0.39, 0.29) is 0 Å². The molecule has 0 saturated heterocycles. The Morgan fingerprint density at radius 1 is 0.710 bits per heavy atom. The lowest BCUT2D eigenvalue weighted by molar-refractivity contribution is 0.622. The molecule has 1 aliphatic rings. The molecule has 4 aromatic carbocycles. The third kappa shape index (κ3) is 2.84. The molecule has 0 amide bonds. The monoisotopic (exact) mass is 401 g/mol. The first-order valence-electron chi connectivity index (χ1n) is 10.3. The van der Waals surface area contributed by atoms with Crippen LogP contribution in [0.5, 0.6) is 0 Å². The summed E-state index contributed by atoms with van der Waals surface area (Å²) in [4.78, 5) is 2.14. The number of hydrogen-bond acceptors (Lipinski definition) is 4. The summed E-state index contributed by atoms with van der Waals surface area (Å²) in [6, 6.07) is 33.0. The topological polar surface area (TPSA) is 41.1 Å². The first-order valence-corrected chi connectivity index (χ1v) is 10.3. The molecule has 4 nitrogen and oxygen atoms in total. The Kier molecular flexibility index (Phi) is 3.96. The van der Waals surface area contributed by atoms with Crippen molar-refractivity contribution in [3.8, 4) is 11.1 Å². The summed E-state index contributed by atoms with van der Waals surface area (Å²) in [6.07, 6.45) is 0. The molecule has 1 aliphatic heterocycles. The van der Waals surface area contributed by atoms with Crippen LogP contribution in [0.25, 0.3) is 22.1 Å². The van der Waals surface area contributed by atoms with Crippen LogP contribution in [0, 0.1) is 6.92 Å². The van der Waals surface area contributed by atoms with Gasteiger partial charge in [-0.1, -0.05) is 72.3 Å². The van der Waals surface area contributed by atoms with Crippen molar-refractivity contribution in [2.45, 2.75) is 6.92 Å². The van der Waals surface area contributed by atoms with Gasteiger partial charge in [0.2, 0.25) is 5.88 Å². The molecule has 0 bridgehead atoms. The Labute approximate surface area is 180 Å². The zero-order valence-electron chi connectivity index (χ0n) is 17.0. The van der Waals surface area contributed by atoms with Crippen LogP contribution in [0.15, 0.2) is 112 Å². The molecule has 0 N–H and O–H groups in total. The SMILES string of the molecule is Cc1ccc2oc3c(c2c1)N=Nc1ccccc1N3c1ccccc1-c1ccccc1. The molecule has 6 rings (SSSR count). The molecular formula is C27H19N3O. The number of nitrogens with zero attached hydrogens (tertiary/aromatic N) is 3. The minimum Gasteiger partial charge on any atom is -0.437 e. The third-order valence-corrected chi connectivity index (χ3v) is 5.61. The van der Waals surface area contributed by atoms with E-state index in [2.05, 4.69) is 88.8 Å². The van der Waals surface area contributed by atoms with E-state index in [1.165, 1.54) is 0 Å².